The summed E-state index contributed by atoms with van der Waals surface area (Å²) < 4.78 is 13.7. The van der Waals surface area contributed by atoms with E-state index in [4.69, 9.17) is 4.84 Å². The van der Waals surface area contributed by atoms with Crippen molar-refractivity contribution in [1.82, 2.24) is 20.0 Å². The Bertz CT molecular complexity index is 898. The number of nitrogens with zero attached hydrogens (tertiary/aromatic N) is 4. The van der Waals surface area contributed by atoms with Gasteiger partial charge in [-0.05, 0) is 37.8 Å². The number of rotatable bonds is 8. The SMILES string of the molecule is CCC(F)CNc1ncc(-c2ccc(C(=O)N3CCCO3)cn2)c(NC2CCCCC2)n1. The molecule has 1 aliphatic heterocycles. The average molecular weight is 443 g/mol. The first kappa shape index (κ1) is 22.4. The Hall–Kier alpha value is -2.81. The Balaban J connectivity index is 1.55. The molecule has 0 spiro atoms. The quantitative estimate of drug-likeness (QED) is 0.632. The fourth-order valence-corrected chi connectivity index (χ4v) is 3.98. The molecule has 32 heavy (non-hydrogen) atoms. The molecule has 2 fully saturated rings. The standard InChI is InChI=1S/C23H31FN6O2/c1-2-17(24)14-26-23-27-15-19(21(29-23)28-18-7-4-3-5-8-18)20-10-9-16(13-25-20)22(31)30-11-6-12-32-30/h9-10,13,15,17-18H,2-8,11-12,14H2,1H3,(H2,26,27,28,29). The maximum Gasteiger partial charge on any atom is 0.278 e. The predicted molar refractivity (Wildman–Crippen MR) is 121 cm³/mol. The number of hydrogen-bond acceptors (Lipinski definition) is 7. The van der Waals surface area contributed by atoms with Gasteiger partial charge in [-0.15, -0.1) is 0 Å². The highest BCUT2D eigenvalue weighted by Gasteiger charge is 2.22. The summed E-state index contributed by atoms with van der Waals surface area (Å²) in [4.78, 5) is 31.4. The van der Waals surface area contributed by atoms with Crippen molar-refractivity contribution in [3.63, 3.8) is 0 Å². The summed E-state index contributed by atoms with van der Waals surface area (Å²) in [6.45, 7) is 3.14. The minimum Gasteiger partial charge on any atom is -0.367 e. The van der Waals surface area contributed by atoms with Gasteiger partial charge in [0, 0.05) is 25.0 Å². The van der Waals surface area contributed by atoms with Crippen LogP contribution in [0, 0.1) is 0 Å². The third-order valence-corrected chi connectivity index (χ3v) is 5.92. The Morgan fingerprint density at radius 3 is 2.75 bits per heavy atom. The van der Waals surface area contributed by atoms with Crippen LogP contribution >= 0.6 is 0 Å². The van der Waals surface area contributed by atoms with E-state index in [2.05, 4.69) is 25.6 Å². The van der Waals surface area contributed by atoms with E-state index in [0.29, 0.717) is 48.6 Å². The van der Waals surface area contributed by atoms with Crippen LogP contribution < -0.4 is 10.6 Å². The lowest BCUT2D eigenvalue weighted by Gasteiger charge is -2.24. The van der Waals surface area contributed by atoms with Crippen LogP contribution in [0.15, 0.2) is 24.5 Å². The molecule has 1 atom stereocenters. The van der Waals surface area contributed by atoms with Crippen LogP contribution in [0.2, 0.25) is 0 Å². The summed E-state index contributed by atoms with van der Waals surface area (Å²) in [5.41, 5.74) is 1.90. The zero-order chi connectivity index (χ0) is 22.3. The van der Waals surface area contributed by atoms with Crippen LogP contribution in [0.5, 0.6) is 0 Å². The number of halogens is 1. The molecule has 8 nitrogen and oxygen atoms in total. The number of aromatic nitrogens is 3. The normalized spacial score (nSPS) is 17.9. The van der Waals surface area contributed by atoms with Crippen molar-refractivity contribution in [2.75, 3.05) is 30.3 Å². The molecule has 2 aromatic heterocycles. The van der Waals surface area contributed by atoms with E-state index in [9.17, 15) is 9.18 Å². The zero-order valence-electron chi connectivity index (χ0n) is 18.5. The van der Waals surface area contributed by atoms with Crippen LogP contribution in [0.3, 0.4) is 0 Å². The summed E-state index contributed by atoms with van der Waals surface area (Å²) in [5, 5.41) is 7.92. The second-order valence-electron chi connectivity index (χ2n) is 8.35. The van der Waals surface area contributed by atoms with Crippen LogP contribution in [-0.4, -0.2) is 57.8 Å². The highest BCUT2D eigenvalue weighted by Crippen LogP contribution is 2.29. The first-order valence-electron chi connectivity index (χ1n) is 11.6. The maximum atomic E-state index is 13.7. The van der Waals surface area contributed by atoms with Gasteiger partial charge < -0.3 is 10.6 Å². The largest absolute Gasteiger partial charge is 0.367 e. The van der Waals surface area contributed by atoms with Crippen LogP contribution in [0.25, 0.3) is 11.3 Å². The smallest absolute Gasteiger partial charge is 0.278 e. The molecular formula is C23H31FN6O2. The topological polar surface area (TPSA) is 92.3 Å². The maximum absolute atomic E-state index is 13.7. The number of hydroxylamine groups is 2. The Morgan fingerprint density at radius 1 is 1.22 bits per heavy atom. The third kappa shape index (κ3) is 5.51. The summed E-state index contributed by atoms with van der Waals surface area (Å²) >= 11 is 0. The molecular weight excluding hydrogens is 411 g/mol. The van der Waals surface area contributed by atoms with Crippen molar-refractivity contribution in [3.05, 3.63) is 30.1 Å². The van der Waals surface area contributed by atoms with Gasteiger partial charge in [0.1, 0.15) is 12.0 Å². The van der Waals surface area contributed by atoms with Gasteiger partial charge in [0.25, 0.3) is 5.91 Å². The lowest BCUT2D eigenvalue weighted by molar-refractivity contribution is -0.0768. The highest BCUT2D eigenvalue weighted by atomic mass is 19.1. The molecule has 2 aliphatic rings. The second-order valence-corrected chi connectivity index (χ2v) is 8.35. The third-order valence-electron chi connectivity index (χ3n) is 5.92. The summed E-state index contributed by atoms with van der Waals surface area (Å²) in [5.74, 6) is 0.881. The van der Waals surface area contributed by atoms with Gasteiger partial charge in [0.05, 0.1) is 30.0 Å². The second kappa shape index (κ2) is 10.7. The minimum atomic E-state index is -0.945. The average Bonchev–Trinajstić information content (AvgIpc) is 3.38. The van der Waals surface area contributed by atoms with Crippen LogP contribution in [0.4, 0.5) is 16.2 Å². The van der Waals surface area contributed by atoms with Crippen molar-refractivity contribution in [2.45, 2.75) is 64.1 Å². The molecule has 2 N–H and O–H groups in total. The number of hydrogen-bond donors (Lipinski definition) is 2. The van der Waals surface area contributed by atoms with Crippen molar-refractivity contribution in [2.24, 2.45) is 0 Å². The number of anilines is 2. The number of pyridine rings is 1. The Labute approximate surface area is 187 Å². The first-order chi connectivity index (χ1) is 15.6. The monoisotopic (exact) mass is 442 g/mol. The molecule has 9 heteroatoms. The minimum absolute atomic E-state index is 0.173. The molecule has 3 heterocycles. The molecule has 0 bridgehead atoms. The van der Waals surface area contributed by atoms with E-state index in [1.165, 1.54) is 24.3 Å². The number of alkyl halides is 1. The molecule has 1 amide bonds. The summed E-state index contributed by atoms with van der Waals surface area (Å²) in [6, 6.07) is 3.89. The molecule has 1 saturated carbocycles. The molecule has 172 valence electrons. The highest BCUT2D eigenvalue weighted by molar-refractivity contribution is 5.93. The molecule has 1 unspecified atom stereocenters. The van der Waals surface area contributed by atoms with Gasteiger partial charge in [0.2, 0.25) is 5.95 Å². The number of nitrogens with one attached hydrogen (secondary N) is 2. The first-order valence-corrected chi connectivity index (χ1v) is 11.6. The van der Waals surface area contributed by atoms with E-state index in [1.54, 1.807) is 24.5 Å². The van der Waals surface area contributed by atoms with Gasteiger partial charge >= 0.3 is 0 Å². The van der Waals surface area contributed by atoms with Crippen molar-refractivity contribution in [1.29, 1.82) is 0 Å². The van der Waals surface area contributed by atoms with Gasteiger partial charge in [-0.25, -0.2) is 14.4 Å². The molecule has 1 aliphatic carbocycles. The van der Waals surface area contributed by atoms with Crippen LogP contribution in [0.1, 0.15) is 62.2 Å². The fourth-order valence-electron chi connectivity index (χ4n) is 3.98. The Kier molecular flexibility index (Phi) is 7.47. The van der Waals surface area contributed by atoms with Gasteiger partial charge in [-0.1, -0.05) is 26.2 Å². The van der Waals surface area contributed by atoms with Gasteiger partial charge in [-0.2, -0.15) is 4.98 Å². The summed E-state index contributed by atoms with van der Waals surface area (Å²) in [7, 11) is 0. The summed E-state index contributed by atoms with van der Waals surface area (Å²) in [6.07, 6.45) is 9.41. The van der Waals surface area contributed by atoms with Crippen molar-refractivity contribution < 1.29 is 14.0 Å². The van der Waals surface area contributed by atoms with Crippen molar-refractivity contribution >= 4 is 17.7 Å². The molecule has 2 aromatic rings. The Morgan fingerprint density at radius 2 is 2.06 bits per heavy atom. The van der Waals surface area contributed by atoms with E-state index in [0.717, 1.165) is 24.8 Å². The molecule has 0 radical (unpaired) electrons. The van der Waals surface area contributed by atoms with Gasteiger partial charge in [0.15, 0.2) is 0 Å². The van der Waals surface area contributed by atoms with E-state index < -0.39 is 6.17 Å². The zero-order valence-corrected chi connectivity index (χ0v) is 18.5. The van der Waals surface area contributed by atoms with E-state index in [-0.39, 0.29) is 12.5 Å². The number of amides is 1. The lowest BCUT2D eigenvalue weighted by Crippen LogP contribution is -2.26. The van der Waals surface area contributed by atoms with E-state index >= 15 is 0 Å². The molecule has 0 aromatic carbocycles. The van der Waals surface area contributed by atoms with Crippen molar-refractivity contribution in [3.8, 4) is 11.3 Å². The van der Waals surface area contributed by atoms with Gasteiger partial charge in [-0.3, -0.25) is 14.6 Å². The lowest BCUT2D eigenvalue weighted by atomic mass is 9.95. The number of carbonyl (C=O) groups is 1. The predicted octanol–water partition coefficient (Wildman–Crippen LogP) is 4.22. The van der Waals surface area contributed by atoms with Crippen LogP contribution in [-0.2, 0) is 4.84 Å². The molecule has 4 rings (SSSR count). The fraction of sp³-hybridized carbons (Fsp3) is 0.565. The molecule has 1 saturated heterocycles. The number of carbonyl (C=O) groups excluding carboxylic acids is 1. The van der Waals surface area contributed by atoms with E-state index in [1.807, 2.05) is 6.92 Å².